The second kappa shape index (κ2) is 7.59. The predicted octanol–water partition coefficient (Wildman–Crippen LogP) is 3.77. The van der Waals surface area contributed by atoms with Crippen LogP contribution in [0.15, 0.2) is 34.4 Å². The Morgan fingerprint density at radius 1 is 1.38 bits per heavy atom. The maximum absolute atomic E-state index is 13.6. The number of fused-ring (bicyclic) bond motifs is 1. The third kappa shape index (κ3) is 3.96. The Balaban J connectivity index is 1.64. The van der Waals surface area contributed by atoms with Crippen molar-refractivity contribution in [2.45, 2.75) is 31.8 Å². The Morgan fingerprint density at radius 3 is 2.88 bits per heavy atom. The number of nitrogens with one attached hydrogen (secondary N) is 1. The van der Waals surface area contributed by atoms with Gasteiger partial charge in [-0.15, -0.1) is 23.1 Å². The van der Waals surface area contributed by atoms with Crippen molar-refractivity contribution in [3.63, 3.8) is 0 Å². The summed E-state index contributed by atoms with van der Waals surface area (Å²) in [5.41, 5.74) is 2.35. The summed E-state index contributed by atoms with van der Waals surface area (Å²) in [6, 6.07) is 6.10. The Labute approximate surface area is 158 Å². The molecule has 2 aromatic heterocycles. The number of rotatable bonds is 5. The van der Waals surface area contributed by atoms with Crippen LogP contribution in [0.5, 0.6) is 0 Å². The quantitative estimate of drug-likeness (QED) is 0.719. The normalized spacial score (nSPS) is 12.3. The van der Waals surface area contributed by atoms with E-state index in [0.29, 0.717) is 27.7 Å². The first-order chi connectivity index (χ1) is 12.3. The molecule has 5 nitrogen and oxygen atoms in total. The molecule has 1 amide bonds. The molecule has 136 valence electrons. The number of aryl methyl sites for hydroxylation is 2. The van der Waals surface area contributed by atoms with E-state index in [1.807, 2.05) is 12.3 Å². The summed E-state index contributed by atoms with van der Waals surface area (Å²) in [6.45, 7) is 5.30. The number of hydrogen-bond donors (Lipinski definition) is 1. The van der Waals surface area contributed by atoms with Crippen molar-refractivity contribution >= 4 is 39.7 Å². The van der Waals surface area contributed by atoms with E-state index in [9.17, 15) is 14.0 Å². The summed E-state index contributed by atoms with van der Waals surface area (Å²) in [7, 11) is 0. The molecule has 0 radical (unpaired) electrons. The number of carbonyl (C=O) groups is 1. The molecule has 0 fully saturated rings. The van der Waals surface area contributed by atoms with Gasteiger partial charge in [0.2, 0.25) is 5.91 Å². The highest BCUT2D eigenvalue weighted by Gasteiger charge is 2.15. The van der Waals surface area contributed by atoms with Crippen molar-refractivity contribution in [3.8, 4) is 0 Å². The van der Waals surface area contributed by atoms with Crippen molar-refractivity contribution < 1.29 is 9.18 Å². The maximum atomic E-state index is 13.6. The lowest BCUT2D eigenvalue weighted by Crippen LogP contribution is -2.23. The van der Waals surface area contributed by atoms with Crippen LogP contribution >= 0.6 is 23.1 Å². The van der Waals surface area contributed by atoms with Gasteiger partial charge in [-0.25, -0.2) is 9.37 Å². The minimum absolute atomic E-state index is 0.114. The highest BCUT2D eigenvalue weighted by atomic mass is 32.2. The van der Waals surface area contributed by atoms with Crippen LogP contribution in [-0.2, 0) is 10.5 Å². The van der Waals surface area contributed by atoms with Gasteiger partial charge >= 0.3 is 0 Å². The third-order valence-corrected chi connectivity index (χ3v) is 6.04. The molecule has 1 atom stereocenters. The fourth-order valence-electron chi connectivity index (χ4n) is 2.38. The van der Waals surface area contributed by atoms with Gasteiger partial charge < -0.3 is 5.32 Å². The highest BCUT2D eigenvalue weighted by Crippen LogP contribution is 2.20. The topological polar surface area (TPSA) is 63.5 Å². The molecular formula is C18H18FN3O2S2. The summed E-state index contributed by atoms with van der Waals surface area (Å²) in [6.07, 6.45) is 0. The molecule has 2 heterocycles. The van der Waals surface area contributed by atoms with E-state index in [2.05, 4.69) is 10.3 Å². The molecule has 0 saturated carbocycles. The van der Waals surface area contributed by atoms with Gasteiger partial charge in [0.15, 0.2) is 4.96 Å². The van der Waals surface area contributed by atoms with Crippen LogP contribution in [0.4, 0.5) is 10.1 Å². The Bertz CT molecular complexity index is 1030. The second-order valence-corrected chi connectivity index (χ2v) is 8.15. The Morgan fingerprint density at radius 2 is 2.15 bits per heavy atom. The molecule has 0 aliphatic carbocycles. The van der Waals surface area contributed by atoms with Crippen LogP contribution in [-0.4, -0.2) is 20.5 Å². The zero-order chi connectivity index (χ0) is 18.8. The molecule has 0 saturated heterocycles. The summed E-state index contributed by atoms with van der Waals surface area (Å²) < 4.78 is 15.1. The molecule has 1 aromatic carbocycles. The number of halogens is 1. The number of thioether (sulfide) groups is 1. The van der Waals surface area contributed by atoms with Crippen molar-refractivity contribution in [1.29, 1.82) is 0 Å². The largest absolute Gasteiger partial charge is 0.325 e. The average Bonchev–Trinajstić information content (AvgIpc) is 2.97. The molecule has 1 unspecified atom stereocenters. The van der Waals surface area contributed by atoms with E-state index in [4.69, 9.17) is 0 Å². The summed E-state index contributed by atoms with van der Waals surface area (Å²) in [4.78, 5) is 29.6. The molecule has 3 rings (SSSR count). The lowest BCUT2D eigenvalue weighted by Gasteiger charge is -2.12. The van der Waals surface area contributed by atoms with Crippen molar-refractivity contribution in [2.24, 2.45) is 0 Å². The zero-order valence-corrected chi connectivity index (χ0v) is 16.2. The molecule has 8 heteroatoms. The number of hydrogen-bond acceptors (Lipinski definition) is 5. The van der Waals surface area contributed by atoms with Gasteiger partial charge in [0.05, 0.1) is 10.9 Å². The van der Waals surface area contributed by atoms with Gasteiger partial charge in [0.25, 0.3) is 5.56 Å². The van der Waals surface area contributed by atoms with E-state index in [0.717, 1.165) is 5.69 Å². The van der Waals surface area contributed by atoms with Gasteiger partial charge in [0.1, 0.15) is 5.82 Å². The van der Waals surface area contributed by atoms with E-state index >= 15 is 0 Å². The highest BCUT2D eigenvalue weighted by molar-refractivity contribution is 7.99. The molecule has 26 heavy (non-hydrogen) atoms. The van der Waals surface area contributed by atoms with Crippen LogP contribution in [0.1, 0.15) is 23.9 Å². The number of aromatic nitrogens is 2. The number of amides is 1. The third-order valence-electron chi connectivity index (χ3n) is 3.92. The second-order valence-electron chi connectivity index (χ2n) is 5.99. The number of anilines is 1. The number of thiazole rings is 1. The smallest absolute Gasteiger partial charge is 0.258 e. The van der Waals surface area contributed by atoms with Crippen LogP contribution in [0.2, 0.25) is 0 Å². The van der Waals surface area contributed by atoms with Gasteiger partial charge in [-0.1, -0.05) is 6.07 Å². The van der Waals surface area contributed by atoms with E-state index in [-0.39, 0.29) is 22.5 Å². The van der Waals surface area contributed by atoms with Gasteiger partial charge in [-0.3, -0.25) is 14.0 Å². The lowest BCUT2D eigenvalue weighted by atomic mass is 10.2. The average molecular weight is 391 g/mol. The number of carbonyl (C=O) groups excluding carboxylic acids is 1. The lowest BCUT2D eigenvalue weighted by molar-refractivity contribution is -0.115. The van der Waals surface area contributed by atoms with Crippen LogP contribution in [0.25, 0.3) is 4.96 Å². The van der Waals surface area contributed by atoms with Crippen LogP contribution < -0.4 is 10.9 Å². The Hall–Kier alpha value is -2.19. The molecule has 0 bridgehead atoms. The van der Waals surface area contributed by atoms with Crippen LogP contribution in [0.3, 0.4) is 0 Å². The molecule has 3 aromatic rings. The first kappa shape index (κ1) is 18.6. The number of nitrogens with zero attached hydrogens (tertiary/aromatic N) is 2. The van der Waals surface area contributed by atoms with Gasteiger partial charge in [-0.05, 0) is 38.5 Å². The summed E-state index contributed by atoms with van der Waals surface area (Å²) in [5, 5.41) is 4.22. The fourth-order valence-corrected chi connectivity index (χ4v) is 4.05. The van der Waals surface area contributed by atoms with E-state index in [1.165, 1.54) is 35.2 Å². The predicted molar refractivity (Wildman–Crippen MR) is 105 cm³/mol. The van der Waals surface area contributed by atoms with Gasteiger partial charge in [0, 0.05) is 28.6 Å². The minimum Gasteiger partial charge on any atom is -0.325 e. The summed E-state index contributed by atoms with van der Waals surface area (Å²) in [5.74, 6) is -0.130. The first-order valence-electron chi connectivity index (χ1n) is 8.00. The molecule has 0 spiro atoms. The Kier molecular flexibility index (Phi) is 5.43. The molecular weight excluding hydrogens is 373 g/mol. The van der Waals surface area contributed by atoms with Gasteiger partial charge in [-0.2, -0.15) is 0 Å². The van der Waals surface area contributed by atoms with E-state index in [1.54, 1.807) is 30.4 Å². The SMILES string of the molecule is Cc1ccc(NC(=O)C(C)SCc2cc(=O)n3c(C)csc3n2)cc1F. The maximum Gasteiger partial charge on any atom is 0.258 e. The number of benzene rings is 1. The van der Waals surface area contributed by atoms with E-state index < -0.39 is 0 Å². The fraction of sp³-hybridized carbons (Fsp3) is 0.278. The summed E-state index contributed by atoms with van der Waals surface area (Å²) >= 11 is 2.79. The van der Waals surface area contributed by atoms with Crippen molar-refractivity contribution in [1.82, 2.24) is 9.38 Å². The van der Waals surface area contributed by atoms with Crippen molar-refractivity contribution in [2.75, 3.05) is 5.32 Å². The molecule has 1 N–H and O–H groups in total. The monoisotopic (exact) mass is 391 g/mol. The zero-order valence-electron chi connectivity index (χ0n) is 14.6. The first-order valence-corrected chi connectivity index (χ1v) is 9.93. The minimum atomic E-state index is -0.371. The molecule has 0 aliphatic heterocycles. The van der Waals surface area contributed by atoms with Crippen LogP contribution in [0, 0.1) is 19.7 Å². The van der Waals surface area contributed by atoms with Crippen molar-refractivity contribution in [3.05, 3.63) is 62.8 Å². The molecule has 0 aliphatic rings. The standard InChI is InChI=1S/C18H18FN3O2S2/c1-10-4-5-13(6-15(10)19)20-17(24)12(3)25-9-14-7-16(23)22-11(2)8-26-18(22)21-14/h4-8,12H,9H2,1-3H3,(H,20,24).